The van der Waals surface area contributed by atoms with Gasteiger partial charge in [0.25, 0.3) is 0 Å². The number of carbonyl (C=O) groups excluding carboxylic acids is 1. The van der Waals surface area contributed by atoms with Gasteiger partial charge >= 0.3 is 12.0 Å². The first-order valence-electron chi connectivity index (χ1n) is 7.47. The third-order valence-electron chi connectivity index (χ3n) is 4.14. The average molecular weight is 300 g/mol. The van der Waals surface area contributed by atoms with Gasteiger partial charge in [0.2, 0.25) is 0 Å². The summed E-state index contributed by atoms with van der Waals surface area (Å²) in [5.74, 6) is 2.58. The van der Waals surface area contributed by atoms with Crippen molar-refractivity contribution >= 4 is 23.8 Å². The van der Waals surface area contributed by atoms with Crippen molar-refractivity contribution in [2.24, 2.45) is 11.8 Å². The van der Waals surface area contributed by atoms with E-state index in [2.05, 4.69) is 5.32 Å². The molecule has 0 bridgehead atoms. The van der Waals surface area contributed by atoms with Crippen LogP contribution in [0.5, 0.6) is 0 Å². The van der Waals surface area contributed by atoms with E-state index < -0.39 is 5.97 Å². The molecule has 0 aromatic rings. The third kappa shape index (κ3) is 4.89. The molecular formula is C14H24N2O3S. The van der Waals surface area contributed by atoms with Gasteiger partial charge in [0, 0.05) is 26.1 Å². The minimum Gasteiger partial charge on any atom is -0.481 e. The first-order chi connectivity index (χ1) is 9.65. The first-order valence-corrected chi connectivity index (χ1v) is 8.63. The van der Waals surface area contributed by atoms with Gasteiger partial charge in [-0.2, -0.15) is 11.8 Å². The van der Waals surface area contributed by atoms with Gasteiger partial charge in [-0.25, -0.2) is 4.79 Å². The molecule has 6 heteroatoms. The molecule has 0 spiro atoms. The molecular weight excluding hydrogens is 276 g/mol. The summed E-state index contributed by atoms with van der Waals surface area (Å²) in [5, 5.41) is 11.8. The lowest BCUT2D eigenvalue weighted by Crippen LogP contribution is -2.46. The zero-order valence-electron chi connectivity index (χ0n) is 11.8. The smallest absolute Gasteiger partial charge is 0.317 e. The molecule has 0 aromatic heterocycles. The maximum Gasteiger partial charge on any atom is 0.317 e. The maximum absolute atomic E-state index is 12.1. The number of hydrogen-bond acceptors (Lipinski definition) is 3. The fourth-order valence-corrected chi connectivity index (χ4v) is 4.19. The molecule has 0 saturated carbocycles. The zero-order chi connectivity index (χ0) is 14.4. The van der Waals surface area contributed by atoms with Crippen molar-refractivity contribution in [3.8, 4) is 0 Å². The molecule has 2 aliphatic heterocycles. The second-order valence-corrected chi connectivity index (χ2v) is 6.95. The molecule has 2 aliphatic rings. The Labute approximate surface area is 124 Å². The summed E-state index contributed by atoms with van der Waals surface area (Å²) in [6.07, 6.45) is 4.11. The van der Waals surface area contributed by atoms with Crippen molar-refractivity contribution < 1.29 is 14.7 Å². The van der Waals surface area contributed by atoms with Gasteiger partial charge in [0.15, 0.2) is 0 Å². The molecule has 20 heavy (non-hydrogen) atoms. The zero-order valence-corrected chi connectivity index (χ0v) is 12.7. The molecule has 2 heterocycles. The van der Waals surface area contributed by atoms with Gasteiger partial charge in [-0.3, -0.25) is 4.79 Å². The van der Waals surface area contributed by atoms with E-state index in [1.54, 1.807) is 0 Å². The second-order valence-electron chi connectivity index (χ2n) is 5.80. The number of piperidine rings is 1. The molecule has 0 radical (unpaired) electrons. The van der Waals surface area contributed by atoms with Gasteiger partial charge in [-0.15, -0.1) is 0 Å². The van der Waals surface area contributed by atoms with Crippen molar-refractivity contribution in [3.63, 3.8) is 0 Å². The third-order valence-corrected chi connectivity index (χ3v) is 5.37. The second kappa shape index (κ2) is 7.76. The van der Waals surface area contributed by atoms with E-state index in [0.717, 1.165) is 31.7 Å². The highest BCUT2D eigenvalue weighted by Gasteiger charge is 2.24. The Kier molecular flexibility index (Phi) is 6.01. The number of urea groups is 1. The molecule has 2 atom stereocenters. The van der Waals surface area contributed by atoms with Crippen LogP contribution in [-0.4, -0.2) is 53.1 Å². The Morgan fingerprint density at radius 2 is 2.15 bits per heavy atom. The summed E-state index contributed by atoms with van der Waals surface area (Å²) >= 11 is 1.96. The molecule has 2 fully saturated rings. The molecule has 5 nitrogen and oxygen atoms in total. The summed E-state index contributed by atoms with van der Waals surface area (Å²) in [5.41, 5.74) is 0. The van der Waals surface area contributed by atoms with E-state index in [1.807, 2.05) is 16.7 Å². The number of nitrogens with one attached hydrogen (secondary N) is 1. The number of carbonyl (C=O) groups is 2. The van der Waals surface area contributed by atoms with Crippen LogP contribution >= 0.6 is 11.8 Å². The van der Waals surface area contributed by atoms with Crippen LogP contribution in [0.1, 0.15) is 32.1 Å². The van der Waals surface area contributed by atoms with Crippen LogP contribution in [0, 0.1) is 11.8 Å². The van der Waals surface area contributed by atoms with Crippen molar-refractivity contribution in [2.45, 2.75) is 32.1 Å². The number of aliphatic carboxylic acids is 1. The van der Waals surface area contributed by atoms with Crippen LogP contribution in [0.25, 0.3) is 0 Å². The number of carboxylic acid groups (broad SMARTS) is 1. The highest BCUT2D eigenvalue weighted by atomic mass is 32.2. The SMILES string of the molecule is O=C(O)CCC1CCCN(C(=O)NCC2CCSC2)C1. The number of likely N-dealkylation sites (tertiary alicyclic amines) is 1. The number of rotatable bonds is 5. The lowest BCUT2D eigenvalue weighted by atomic mass is 9.93. The van der Waals surface area contributed by atoms with Crippen molar-refractivity contribution in [1.29, 1.82) is 0 Å². The van der Waals surface area contributed by atoms with Gasteiger partial charge in [-0.05, 0) is 49.0 Å². The van der Waals surface area contributed by atoms with Gasteiger partial charge < -0.3 is 15.3 Å². The van der Waals surface area contributed by atoms with E-state index >= 15 is 0 Å². The Hall–Kier alpha value is -0.910. The minimum atomic E-state index is -0.745. The van der Waals surface area contributed by atoms with Crippen LogP contribution < -0.4 is 5.32 Å². The number of carboxylic acids is 1. The lowest BCUT2D eigenvalue weighted by Gasteiger charge is -2.33. The number of nitrogens with zero attached hydrogens (tertiary/aromatic N) is 1. The molecule has 2 N–H and O–H groups in total. The number of thioether (sulfide) groups is 1. The normalized spacial score (nSPS) is 26.5. The molecule has 2 rings (SSSR count). The Balaban J connectivity index is 1.70. The van der Waals surface area contributed by atoms with Crippen LogP contribution in [0.2, 0.25) is 0 Å². The van der Waals surface area contributed by atoms with E-state index in [0.29, 0.717) is 24.8 Å². The highest BCUT2D eigenvalue weighted by Crippen LogP contribution is 2.23. The number of hydrogen-bond donors (Lipinski definition) is 2. The van der Waals surface area contributed by atoms with Crippen LogP contribution in [0.3, 0.4) is 0 Å². The van der Waals surface area contributed by atoms with Crippen LogP contribution in [0.15, 0.2) is 0 Å². The summed E-state index contributed by atoms with van der Waals surface area (Å²) < 4.78 is 0. The predicted molar refractivity (Wildman–Crippen MR) is 80.0 cm³/mol. The standard InChI is InChI=1S/C14H24N2O3S/c17-13(18)4-3-11-2-1-6-16(9-11)14(19)15-8-12-5-7-20-10-12/h11-12H,1-10H2,(H,15,19)(H,17,18). The van der Waals surface area contributed by atoms with Crippen molar-refractivity contribution in [2.75, 3.05) is 31.1 Å². The summed E-state index contributed by atoms with van der Waals surface area (Å²) in [6, 6.07) is 0.0296. The Bertz CT molecular complexity index is 345. The Morgan fingerprint density at radius 3 is 2.85 bits per heavy atom. The monoisotopic (exact) mass is 300 g/mol. The molecule has 2 amide bonds. The average Bonchev–Trinajstić information content (AvgIpc) is 2.96. The van der Waals surface area contributed by atoms with E-state index in [-0.39, 0.29) is 12.5 Å². The fraction of sp³-hybridized carbons (Fsp3) is 0.857. The van der Waals surface area contributed by atoms with E-state index in [9.17, 15) is 9.59 Å². The van der Waals surface area contributed by atoms with Crippen molar-refractivity contribution in [3.05, 3.63) is 0 Å². The van der Waals surface area contributed by atoms with E-state index in [4.69, 9.17) is 5.11 Å². The summed E-state index contributed by atoms with van der Waals surface area (Å²) in [7, 11) is 0. The van der Waals surface area contributed by atoms with Crippen LogP contribution in [-0.2, 0) is 4.79 Å². The summed E-state index contributed by atoms with van der Waals surface area (Å²) in [4.78, 5) is 24.6. The molecule has 2 saturated heterocycles. The number of amides is 2. The van der Waals surface area contributed by atoms with Gasteiger partial charge in [0.1, 0.15) is 0 Å². The lowest BCUT2D eigenvalue weighted by molar-refractivity contribution is -0.137. The highest BCUT2D eigenvalue weighted by molar-refractivity contribution is 7.99. The largest absolute Gasteiger partial charge is 0.481 e. The van der Waals surface area contributed by atoms with Crippen molar-refractivity contribution in [1.82, 2.24) is 10.2 Å². The summed E-state index contributed by atoms with van der Waals surface area (Å²) in [6.45, 7) is 2.29. The molecule has 0 aromatic carbocycles. The van der Waals surface area contributed by atoms with Crippen LogP contribution in [0.4, 0.5) is 4.79 Å². The predicted octanol–water partition coefficient (Wildman–Crippen LogP) is 2.03. The Morgan fingerprint density at radius 1 is 1.30 bits per heavy atom. The van der Waals surface area contributed by atoms with E-state index in [1.165, 1.54) is 12.2 Å². The fourth-order valence-electron chi connectivity index (χ4n) is 2.90. The molecule has 0 aliphatic carbocycles. The molecule has 114 valence electrons. The van der Waals surface area contributed by atoms with Gasteiger partial charge in [0.05, 0.1) is 0 Å². The van der Waals surface area contributed by atoms with Gasteiger partial charge in [-0.1, -0.05) is 0 Å². The minimum absolute atomic E-state index is 0.0296. The maximum atomic E-state index is 12.1. The quantitative estimate of drug-likeness (QED) is 0.815. The molecule has 2 unspecified atom stereocenters. The topological polar surface area (TPSA) is 69.6 Å². The first kappa shape index (κ1) is 15.5.